The van der Waals surface area contributed by atoms with Crippen molar-refractivity contribution in [2.45, 2.75) is 6.54 Å². The fourth-order valence-corrected chi connectivity index (χ4v) is 1.42. The Bertz CT molecular complexity index is 613. The van der Waals surface area contributed by atoms with Crippen LogP contribution in [0.15, 0.2) is 37.9 Å². The number of nitro benzene ring substituents is 1. The topological polar surface area (TPSA) is 113 Å². The molecule has 0 fully saturated rings. The van der Waals surface area contributed by atoms with Crippen molar-refractivity contribution >= 4 is 5.69 Å². The zero-order chi connectivity index (χ0) is 12.4. The van der Waals surface area contributed by atoms with E-state index in [0.29, 0.717) is 5.56 Å². The lowest BCUT2D eigenvalue weighted by atomic mass is 10.1. The van der Waals surface area contributed by atoms with Crippen molar-refractivity contribution in [3.8, 4) is 11.3 Å². The number of nitrogens with two attached hydrogens (primary N) is 1. The molecular formula is C10H8N2O5. The summed E-state index contributed by atoms with van der Waals surface area (Å²) < 4.78 is 9.50. The minimum Gasteiger partial charge on any atom is -0.394 e. The summed E-state index contributed by atoms with van der Waals surface area (Å²) in [6, 6.07) is 5.68. The van der Waals surface area contributed by atoms with E-state index in [1.165, 1.54) is 18.2 Å². The van der Waals surface area contributed by atoms with Crippen molar-refractivity contribution in [1.29, 1.82) is 0 Å². The molecule has 7 nitrogen and oxygen atoms in total. The molecule has 0 saturated heterocycles. The first kappa shape index (κ1) is 11.1. The van der Waals surface area contributed by atoms with Crippen molar-refractivity contribution in [2.75, 3.05) is 0 Å². The third-order valence-electron chi connectivity index (χ3n) is 2.15. The third kappa shape index (κ3) is 2.08. The van der Waals surface area contributed by atoms with Gasteiger partial charge in [-0.15, -0.1) is 0 Å². The van der Waals surface area contributed by atoms with Crippen LogP contribution >= 0.6 is 0 Å². The van der Waals surface area contributed by atoms with Gasteiger partial charge in [-0.05, 0) is 0 Å². The Morgan fingerprint density at radius 2 is 2.12 bits per heavy atom. The molecule has 0 aliphatic heterocycles. The predicted molar refractivity (Wildman–Crippen MR) is 57.2 cm³/mol. The maximum absolute atomic E-state index is 10.9. The largest absolute Gasteiger partial charge is 0.519 e. The molecule has 2 rings (SSSR count). The number of nitro groups is 1. The van der Waals surface area contributed by atoms with Crippen molar-refractivity contribution in [3.63, 3.8) is 0 Å². The molecule has 2 N–H and O–H groups in total. The summed E-state index contributed by atoms with van der Waals surface area (Å²) in [6.07, 6.45) is 0. The van der Waals surface area contributed by atoms with Crippen LogP contribution in [-0.2, 0) is 6.54 Å². The normalized spacial score (nSPS) is 10.4. The fraction of sp³-hybridized carbons (Fsp3) is 0.100. The minimum atomic E-state index is -0.882. The number of nitrogens with zero attached hydrogens (tertiary/aromatic N) is 1. The van der Waals surface area contributed by atoms with Crippen LogP contribution in [0.5, 0.6) is 0 Å². The number of hydrogen-bond acceptors (Lipinski definition) is 6. The van der Waals surface area contributed by atoms with E-state index in [-0.39, 0.29) is 23.8 Å². The van der Waals surface area contributed by atoms with E-state index in [1.54, 1.807) is 6.07 Å². The fourth-order valence-electron chi connectivity index (χ4n) is 1.42. The highest BCUT2D eigenvalue weighted by atomic mass is 16.6. The van der Waals surface area contributed by atoms with Gasteiger partial charge < -0.3 is 14.6 Å². The highest BCUT2D eigenvalue weighted by Gasteiger charge is 2.16. The van der Waals surface area contributed by atoms with Gasteiger partial charge in [-0.2, -0.15) is 0 Å². The second kappa shape index (κ2) is 4.22. The summed E-state index contributed by atoms with van der Waals surface area (Å²) in [5.74, 6) is -0.594. The lowest BCUT2D eigenvalue weighted by Gasteiger charge is -1.97. The van der Waals surface area contributed by atoms with E-state index in [1.807, 2.05) is 0 Å². The Kier molecular flexibility index (Phi) is 2.75. The van der Waals surface area contributed by atoms with Crippen molar-refractivity contribution < 1.29 is 13.8 Å². The summed E-state index contributed by atoms with van der Waals surface area (Å²) >= 11 is 0. The molecule has 17 heavy (non-hydrogen) atoms. The average Bonchev–Trinajstić information content (AvgIpc) is 2.70. The minimum absolute atomic E-state index is 0.0240. The first-order valence-corrected chi connectivity index (χ1v) is 4.69. The highest BCUT2D eigenvalue weighted by molar-refractivity contribution is 5.62. The van der Waals surface area contributed by atoms with Crippen LogP contribution in [0.25, 0.3) is 11.3 Å². The predicted octanol–water partition coefficient (Wildman–Crippen LogP) is 1.27. The van der Waals surface area contributed by atoms with E-state index >= 15 is 0 Å². The van der Waals surface area contributed by atoms with Crippen LogP contribution in [0, 0.1) is 10.1 Å². The molecule has 7 heteroatoms. The van der Waals surface area contributed by atoms with Gasteiger partial charge in [0.1, 0.15) is 0 Å². The van der Waals surface area contributed by atoms with E-state index in [2.05, 4.69) is 0 Å². The first-order valence-electron chi connectivity index (χ1n) is 4.69. The quantitative estimate of drug-likeness (QED) is 0.634. The van der Waals surface area contributed by atoms with Crippen molar-refractivity contribution in [1.82, 2.24) is 0 Å². The van der Waals surface area contributed by atoms with E-state index in [4.69, 9.17) is 14.6 Å². The van der Waals surface area contributed by atoms with Gasteiger partial charge in [-0.1, -0.05) is 12.1 Å². The smallest absolute Gasteiger partial charge is 0.394 e. The molecule has 0 unspecified atom stereocenters. The monoisotopic (exact) mass is 236 g/mol. The van der Waals surface area contributed by atoms with Crippen LogP contribution in [0.2, 0.25) is 0 Å². The van der Waals surface area contributed by atoms with Gasteiger partial charge >= 0.3 is 5.82 Å². The van der Waals surface area contributed by atoms with E-state index in [9.17, 15) is 14.9 Å². The molecule has 0 spiro atoms. The van der Waals surface area contributed by atoms with E-state index < -0.39 is 10.7 Å². The molecular weight excluding hydrogens is 228 g/mol. The van der Waals surface area contributed by atoms with Gasteiger partial charge in [0.2, 0.25) is 0 Å². The van der Waals surface area contributed by atoms with Crippen molar-refractivity contribution in [2.24, 2.45) is 5.73 Å². The number of hydrogen-bond donors (Lipinski definition) is 1. The van der Waals surface area contributed by atoms with Gasteiger partial charge in [0, 0.05) is 17.7 Å². The highest BCUT2D eigenvalue weighted by Crippen LogP contribution is 2.26. The van der Waals surface area contributed by atoms with Crippen LogP contribution < -0.4 is 11.6 Å². The van der Waals surface area contributed by atoms with Crippen LogP contribution in [0.1, 0.15) is 5.76 Å². The summed E-state index contributed by atoms with van der Waals surface area (Å²) in [6.45, 7) is -0.0240. The molecule has 0 amide bonds. The van der Waals surface area contributed by atoms with Crippen molar-refractivity contribution in [3.05, 3.63) is 50.8 Å². The summed E-state index contributed by atoms with van der Waals surface area (Å²) in [5.41, 5.74) is 5.65. The summed E-state index contributed by atoms with van der Waals surface area (Å²) in [7, 11) is 0. The molecule has 0 atom stereocenters. The Morgan fingerprint density at radius 3 is 2.76 bits per heavy atom. The van der Waals surface area contributed by atoms with Gasteiger partial charge in [-0.3, -0.25) is 10.1 Å². The van der Waals surface area contributed by atoms with Gasteiger partial charge in [0.05, 0.1) is 11.5 Å². The van der Waals surface area contributed by atoms with Gasteiger partial charge in [0.15, 0.2) is 11.5 Å². The van der Waals surface area contributed by atoms with Crippen LogP contribution in [-0.4, -0.2) is 4.92 Å². The number of non-ortho nitro benzene ring substituents is 1. The van der Waals surface area contributed by atoms with E-state index in [0.717, 1.165) is 0 Å². The summed E-state index contributed by atoms with van der Waals surface area (Å²) in [4.78, 5) is 21.0. The molecule has 0 aliphatic rings. The van der Waals surface area contributed by atoms with Crippen LogP contribution in [0.4, 0.5) is 5.69 Å². The number of benzene rings is 1. The Balaban J connectivity index is 2.56. The molecule has 88 valence electrons. The van der Waals surface area contributed by atoms with Gasteiger partial charge in [-0.25, -0.2) is 4.79 Å². The Hall–Kier alpha value is -2.41. The molecule has 0 saturated carbocycles. The van der Waals surface area contributed by atoms with Crippen LogP contribution in [0.3, 0.4) is 0 Å². The zero-order valence-corrected chi connectivity index (χ0v) is 8.58. The zero-order valence-electron chi connectivity index (χ0n) is 8.58. The molecule has 0 bridgehead atoms. The third-order valence-corrected chi connectivity index (χ3v) is 2.15. The average molecular weight is 236 g/mol. The second-order valence-corrected chi connectivity index (χ2v) is 3.22. The number of rotatable bonds is 3. The SMILES string of the molecule is NCc1oc(=O)oc1-c1cccc([N+](=O)[O-])c1. The lowest BCUT2D eigenvalue weighted by Crippen LogP contribution is -1.96. The molecule has 1 heterocycles. The maximum atomic E-state index is 10.9. The summed E-state index contributed by atoms with van der Waals surface area (Å²) in [5, 5.41) is 10.6. The lowest BCUT2D eigenvalue weighted by molar-refractivity contribution is -0.384. The molecule has 2 aromatic rings. The van der Waals surface area contributed by atoms with Gasteiger partial charge in [0.25, 0.3) is 5.69 Å². The second-order valence-electron chi connectivity index (χ2n) is 3.22. The standard InChI is InChI=1S/C10H8N2O5/c11-5-8-9(17-10(13)16-8)6-2-1-3-7(4-6)12(14)15/h1-4H,5,11H2. The molecule has 1 aromatic carbocycles. The maximum Gasteiger partial charge on any atom is 0.519 e. The first-order chi connectivity index (χ1) is 8.11. The molecule has 0 aliphatic carbocycles. The molecule has 0 radical (unpaired) electrons. The Morgan fingerprint density at radius 1 is 1.35 bits per heavy atom. The molecule has 1 aromatic heterocycles. The Labute approximate surface area is 94.6 Å².